The van der Waals surface area contributed by atoms with Crippen molar-refractivity contribution in [2.45, 2.75) is 0 Å². The Morgan fingerprint density at radius 1 is 0.857 bits per heavy atom. The average molecular weight is 594 g/mol. The van der Waals surface area contributed by atoms with Gasteiger partial charge in [0.05, 0.1) is 11.4 Å². The number of nitrogens with one attached hydrogen (secondary N) is 1. The number of nitrogen functional groups attached to an aromatic ring is 1. The average Bonchev–Trinajstić information content (AvgIpc) is 3.65. The van der Waals surface area contributed by atoms with Crippen LogP contribution in [0.25, 0.3) is 38.7 Å². The number of nitrogens with zero attached hydrogens (tertiary/aromatic N) is 1. The van der Waals surface area contributed by atoms with E-state index in [0.717, 1.165) is 33.9 Å². The highest BCUT2D eigenvalue weighted by molar-refractivity contribution is 7.21. The SMILES string of the molecule is Nc1c(C(=O)Nc2ccc(C(=O)/C=C/c3cccs3)cc2)sc2nc(-c3ccccc3)cc(-c3ccc(F)c(F)c3)c12. The van der Waals surface area contributed by atoms with Gasteiger partial charge in [0.2, 0.25) is 0 Å². The highest BCUT2D eigenvalue weighted by atomic mass is 32.1. The zero-order valence-corrected chi connectivity index (χ0v) is 23.4. The van der Waals surface area contributed by atoms with E-state index in [1.807, 2.05) is 47.8 Å². The van der Waals surface area contributed by atoms with E-state index in [9.17, 15) is 18.4 Å². The number of pyridine rings is 1. The number of carbonyl (C=O) groups is 2. The Balaban J connectivity index is 1.33. The molecule has 3 heterocycles. The van der Waals surface area contributed by atoms with Crippen LogP contribution in [0.15, 0.2) is 102 Å². The Bertz CT molecular complexity index is 1970. The maximum absolute atomic E-state index is 14.2. The second kappa shape index (κ2) is 11.5. The van der Waals surface area contributed by atoms with Gasteiger partial charge in [0.25, 0.3) is 5.91 Å². The Hall–Kier alpha value is -4.99. The Kier molecular flexibility index (Phi) is 7.43. The van der Waals surface area contributed by atoms with Gasteiger partial charge in [-0.25, -0.2) is 13.8 Å². The van der Waals surface area contributed by atoms with Gasteiger partial charge in [0.15, 0.2) is 17.4 Å². The normalized spacial score (nSPS) is 11.3. The molecule has 5 nitrogen and oxygen atoms in total. The zero-order chi connectivity index (χ0) is 29.2. The third-order valence-corrected chi connectivity index (χ3v) is 8.51. The standard InChI is InChI=1S/C33H21F2N3O2S2/c34-25-14-10-21(17-26(25)35)24-18-27(19-5-2-1-3-6-19)38-33-29(24)30(36)31(42-33)32(40)37-22-11-8-20(9-12-22)28(39)15-13-23-7-4-16-41-23/h1-18H,36H2,(H,37,40)/b15-13+. The molecule has 0 unspecified atom stereocenters. The van der Waals surface area contributed by atoms with E-state index in [1.165, 1.54) is 23.5 Å². The van der Waals surface area contributed by atoms with E-state index >= 15 is 0 Å². The number of ketones is 1. The molecule has 0 aliphatic carbocycles. The minimum absolute atomic E-state index is 0.153. The lowest BCUT2D eigenvalue weighted by Crippen LogP contribution is -2.12. The number of benzene rings is 3. The lowest BCUT2D eigenvalue weighted by molar-refractivity contribution is 0.102. The van der Waals surface area contributed by atoms with Crippen LogP contribution >= 0.6 is 22.7 Å². The number of aromatic nitrogens is 1. The van der Waals surface area contributed by atoms with Crippen LogP contribution in [0.5, 0.6) is 0 Å². The number of hydrogen-bond donors (Lipinski definition) is 2. The van der Waals surface area contributed by atoms with E-state index in [1.54, 1.807) is 36.4 Å². The molecule has 3 aromatic carbocycles. The number of thiophene rings is 2. The first kappa shape index (κ1) is 27.2. The minimum Gasteiger partial charge on any atom is -0.397 e. The summed E-state index contributed by atoms with van der Waals surface area (Å²) in [4.78, 5) is 32.3. The number of carbonyl (C=O) groups excluding carboxylic acids is 2. The second-order valence-corrected chi connectivity index (χ2v) is 11.3. The van der Waals surface area contributed by atoms with Crippen molar-refractivity contribution in [3.8, 4) is 22.4 Å². The Morgan fingerprint density at radius 2 is 1.64 bits per heavy atom. The lowest BCUT2D eigenvalue weighted by atomic mass is 9.99. The first-order valence-corrected chi connectivity index (χ1v) is 14.5. The van der Waals surface area contributed by atoms with E-state index in [2.05, 4.69) is 5.32 Å². The first-order valence-electron chi connectivity index (χ1n) is 12.8. The number of allylic oxidation sites excluding steroid dienone is 1. The molecule has 1 amide bonds. The molecule has 0 atom stereocenters. The number of halogens is 2. The third kappa shape index (κ3) is 5.47. The van der Waals surface area contributed by atoms with Crippen LogP contribution < -0.4 is 11.1 Å². The molecule has 0 aliphatic heterocycles. The van der Waals surface area contributed by atoms with Crippen molar-refractivity contribution in [2.24, 2.45) is 0 Å². The topological polar surface area (TPSA) is 85.1 Å². The van der Waals surface area contributed by atoms with Gasteiger partial charge in [-0.05, 0) is 77.2 Å². The fraction of sp³-hybridized carbons (Fsp3) is 0. The van der Waals surface area contributed by atoms with Crippen LogP contribution in [-0.4, -0.2) is 16.7 Å². The van der Waals surface area contributed by atoms with Gasteiger partial charge in [-0.3, -0.25) is 9.59 Å². The molecule has 42 heavy (non-hydrogen) atoms. The first-order chi connectivity index (χ1) is 20.4. The summed E-state index contributed by atoms with van der Waals surface area (Å²) in [7, 11) is 0. The van der Waals surface area contributed by atoms with Gasteiger partial charge >= 0.3 is 0 Å². The van der Waals surface area contributed by atoms with Crippen molar-refractivity contribution in [2.75, 3.05) is 11.1 Å². The number of fused-ring (bicyclic) bond motifs is 1. The monoisotopic (exact) mass is 593 g/mol. The molecule has 6 rings (SSSR count). The summed E-state index contributed by atoms with van der Waals surface area (Å²) < 4.78 is 28.0. The number of amides is 1. The summed E-state index contributed by atoms with van der Waals surface area (Å²) in [6.45, 7) is 0. The second-order valence-electron chi connectivity index (χ2n) is 9.32. The molecule has 0 radical (unpaired) electrons. The summed E-state index contributed by atoms with van der Waals surface area (Å²) in [5, 5.41) is 5.25. The Labute approximate surface area is 247 Å². The van der Waals surface area contributed by atoms with Gasteiger partial charge < -0.3 is 11.1 Å². The van der Waals surface area contributed by atoms with E-state index < -0.39 is 17.5 Å². The molecule has 3 N–H and O–H groups in total. The maximum Gasteiger partial charge on any atom is 0.267 e. The van der Waals surface area contributed by atoms with Gasteiger partial charge in [-0.2, -0.15) is 0 Å². The molecule has 0 spiro atoms. The molecular formula is C33H21F2N3O2S2. The van der Waals surface area contributed by atoms with Gasteiger partial charge in [0.1, 0.15) is 9.71 Å². The number of hydrogen-bond acceptors (Lipinski definition) is 6. The molecule has 0 bridgehead atoms. The maximum atomic E-state index is 14.2. The van der Waals surface area contributed by atoms with Crippen molar-refractivity contribution in [1.29, 1.82) is 0 Å². The highest BCUT2D eigenvalue weighted by Crippen LogP contribution is 2.41. The molecule has 6 aromatic rings. The number of anilines is 2. The number of rotatable bonds is 7. The van der Waals surface area contributed by atoms with Crippen LogP contribution in [0.3, 0.4) is 0 Å². The van der Waals surface area contributed by atoms with E-state index in [-0.39, 0.29) is 16.3 Å². The molecule has 0 saturated carbocycles. The van der Waals surface area contributed by atoms with Crippen LogP contribution in [0.2, 0.25) is 0 Å². The van der Waals surface area contributed by atoms with Crippen molar-refractivity contribution < 1.29 is 18.4 Å². The summed E-state index contributed by atoms with van der Waals surface area (Å²) in [6, 6.07) is 25.2. The molecule has 0 fully saturated rings. The summed E-state index contributed by atoms with van der Waals surface area (Å²) in [6.07, 6.45) is 3.28. The van der Waals surface area contributed by atoms with Crippen molar-refractivity contribution >= 4 is 62.0 Å². The molecular weight excluding hydrogens is 573 g/mol. The van der Waals surface area contributed by atoms with Gasteiger partial charge in [-0.15, -0.1) is 22.7 Å². The van der Waals surface area contributed by atoms with Crippen LogP contribution in [0, 0.1) is 11.6 Å². The van der Waals surface area contributed by atoms with Crippen molar-refractivity contribution in [3.63, 3.8) is 0 Å². The van der Waals surface area contributed by atoms with E-state index in [0.29, 0.717) is 38.3 Å². The smallest absolute Gasteiger partial charge is 0.267 e. The zero-order valence-electron chi connectivity index (χ0n) is 21.8. The van der Waals surface area contributed by atoms with Gasteiger partial charge in [0, 0.05) is 27.1 Å². The van der Waals surface area contributed by atoms with Crippen molar-refractivity contribution in [1.82, 2.24) is 4.98 Å². The Morgan fingerprint density at radius 3 is 2.36 bits per heavy atom. The third-order valence-electron chi connectivity index (χ3n) is 6.57. The largest absolute Gasteiger partial charge is 0.397 e. The lowest BCUT2D eigenvalue weighted by Gasteiger charge is -2.09. The quantitative estimate of drug-likeness (QED) is 0.143. The molecule has 9 heteroatoms. The minimum atomic E-state index is -0.991. The van der Waals surface area contributed by atoms with E-state index in [4.69, 9.17) is 10.7 Å². The fourth-order valence-corrected chi connectivity index (χ4v) is 6.12. The number of nitrogens with two attached hydrogens (primary N) is 1. The predicted octanol–water partition coefficient (Wildman–Crippen LogP) is 8.70. The van der Waals surface area contributed by atoms with Crippen LogP contribution in [0.1, 0.15) is 24.9 Å². The van der Waals surface area contributed by atoms with Crippen LogP contribution in [0.4, 0.5) is 20.2 Å². The summed E-state index contributed by atoms with van der Waals surface area (Å²) in [5.74, 6) is -2.56. The van der Waals surface area contributed by atoms with Crippen molar-refractivity contribution in [3.05, 3.63) is 129 Å². The summed E-state index contributed by atoms with van der Waals surface area (Å²) >= 11 is 2.65. The fourth-order valence-electron chi connectivity index (χ4n) is 4.48. The molecule has 3 aromatic heterocycles. The molecule has 0 saturated heterocycles. The molecule has 206 valence electrons. The van der Waals surface area contributed by atoms with Gasteiger partial charge in [-0.1, -0.05) is 42.5 Å². The highest BCUT2D eigenvalue weighted by Gasteiger charge is 2.22. The molecule has 0 aliphatic rings. The summed E-state index contributed by atoms with van der Waals surface area (Å²) in [5.41, 5.74) is 10.0. The van der Waals surface area contributed by atoms with Crippen LogP contribution in [-0.2, 0) is 0 Å². The predicted molar refractivity (Wildman–Crippen MR) is 167 cm³/mol.